The number of fused-ring (bicyclic) bond motifs is 1. The van der Waals surface area contributed by atoms with Crippen LogP contribution in [0.2, 0.25) is 0 Å². The van der Waals surface area contributed by atoms with E-state index in [1.54, 1.807) is 13.8 Å². The minimum atomic E-state index is -0.529. The maximum absolute atomic E-state index is 12.9. The van der Waals surface area contributed by atoms with E-state index in [2.05, 4.69) is 60.7 Å². The molecule has 2 aromatic rings. The van der Waals surface area contributed by atoms with Crippen molar-refractivity contribution in [2.45, 2.75) is 39.5 Å². The van der Waals surface area contributed by atoms with E-state index in [0.29, 0.717) is 13.2 Å². The molecule has 0 aliphatic heterocycles. The predicted octanol–water partition coefficient (Wildman–Crippen LogP) is 5.22. The Hall–Kier alpha value is -3.14. The molecule has 6 aliphatic rings. The molecule has 176 valence electrons. The van der Waals surface area contributed by atoms with E-state index in [1.165, 1.54) is 33.4 Å². The van der Waals surface area contributed by atoms with Crippen LogP contribution in [0.15, 0.2) is 48.6 Å². The van der Waals surface area contributed by atoms with Gasteiger partial charge in [0.2, 0.25) is 0 Å². The molecule has 0 radical (unpaired) electrons. The number of benzene rings is 2. The lowest BCUT2D eigenvalue weighted by atomic mass is 9.56. The zero-order valence-electron chi connectivity index (χ0n) is 20.0. The first-order chi connectivity index (χ1) is 16.6. The zero-order valence-corrected chi connectivity index (χ0v) is 20.0. The number of hydrogen-bond donors (Lipinski definition) is 0. The summed E-state index contributed by atoms with van der Waals surface area (Å²) in [6.45, 7) is 4.19. The number of esters is 2. The number of hydrogen-bond acceptors (Lipinski definition) is 4. The fourth-order valence-electron chi connectivity index (χ4n) is 5.75. The van der Waals surface area contributed by atoms with Gasteiger partial charge in [0.05, 0.1) is 25.0 Å². The van der Waals surface area contributed by atoms with Crippen LogP contribution in [0.5, 0.6) is 0 Å². The summed E-state index contributed by atoms with van der Waals surface area (Å²) in [4.78, 5) is 25.9. The number of carbonyl (C=O) groups is 2. The third-order valence-electron chi connectivity index (χ3n) is 7.56. The largest absolute Gasteiger partial charge is 0.466 e. The summed E-state index contributed by atoms with van der Waals surface area (Å²) in [5, 5.41) is 0. The molecule has 0 heterocycles. The minimum absolute atomic E-state index is 0.116. The van der Waals surface area contributed by atoms with Crippen molar-refractivity contribution in [3.63, 3.8) is 0 Å². The first kappa shape index (κ1) is 22.6. The number of aryl methyl sites for hydroxylation is 4. The molecule has 4 atom stereocenters. The van der Waals surface area contributed by atoms with Gasteiger partial charge in [-0.15, -0.1) is 0 Å². The van der Waals surface area contributed by atoms with Crippen LogP contribution in [-0.4, -0.2) is 25.2 Å². The average Bonchev–Trinajstić information content (AvgIpc) is 2.80. The summed E-state index contributed by atoms with van der Waals surface area (Å²) in [5.41, 5.74) is 7.67. The van der Waals surface area contributed by atoms with Gasteiger partial charge < -0.3 is 9.47 Å². The maximum atomic E-state index is 12.9. The number of allylic oxidation sites excluding steroid dienone is 2. The van der Waals surface area contributed by atoms with E-state index in [-0.39, 0.29) is 23.8 Å². The van der Waals surface area contributed by atoms with E-state index in [1.807, 2.05) is 0 Å². The molecular formula is C30H32O4. The van der Waals surface area contributed by atoms with Crippen LogP contribution < -0.4 is 0 Å². The van der Waals surface area contributed by atoms with Crippen LogP contribution in [0.1, 0.15) is 47.2 Å². The van der Waals surface area contributed by atoms with Crippen LogP contribution in [0.4, 0.5) is 0 Å². The summed E-state index contributed by atoms with van der Waals surface area (Å²) in [7, 11) is 0. The second-order valence-corrected chi connectivity index (χ2v) is 9.49. The Labute approximate surface area is 201 Å². The van der Waals surface area contributed by atoms with Gasteiger partial charge in [-0.05, 0) is 84.7 Å². The van der Waals surface area contributed by atoms with Crippen molar-refractivity contribution in [2.75, 3.05) is 13.2 Å². The standard InChI is InChI=1S/C30H32O4/c1-3-33-29(31)27-25-15-13-23-17-19-5-6-20-8-10-22(12-11-21(23)9-7-19)24(18-20)14-16-26(25)28(27)30(32)34-4-2/h7-10,13-18,25-28H,3-6,11-12H2,1-2H3/b15-13+,16-14+/t25-,26+,27+,28-. The van der Waals surface area contributed by atoms with E-state index < -0.39 is 11.8 Å². The highest BCUT2D eigenvalue weighted by atomic mass is 16.5. The van der Waals surface area contributed by atoms with Gasteiger partial charge in [-0.3, -0.25) is 9.59 Å². The van der Waals surface area contributed by atoms with Crippen LogP contribution in [0, 0.1) is 23.7 Å². The summed E-state index contributed by atoms with van der Waals surface area (Å²) in [6.07, 6.45) is 12.5. The Balaban J connectivity index is 1.64. The minimum Gasteiger partial charge on any atom is -0.466 e. The van der Waals surface area contributed by atoms with Crippen LogP contribution in [-0.2, 0) is 44.7 Å². The van der Waals surface area contributed by atoms with Gasteiger partial charge in [-0.25, -0.2) is 0 Å². The molecular weight excluding hydrogens is 424 g/mol. The lowest BCUT2D eigenvalue weighted by Crippen LogP contribution is -2.53. The molecule has 2 aromatic carbocycles. The quantitative estimate of drug-likeness (QED) is 0.593. The first-order valence-corrected chi connectivity index (χ1v) is 12.5. The third kappa shape index (κ3) is 4.22. The molecule has 0 unspecified atom stereocenters. The van der Waals surface area contributed by atoms with Gasteiger partial charge >= 0.3 is 11.9 Å². The van der Waals surface area contributed by atoms with Crippen molar-refractivity contribution in [2.24, 2.45) is 23.7 Å². The van der Waals surface area contributed by atoms with E-state index in [4.69, 9.17) is 9.47 Å². The summed E-state index contributed by atoms with van der Waals surface area (Å²) in [6, 6.07) is 13.6. The maximum Gasteiger partial charge on any atom is 0.310 e. The van der Waals surface area contributed by atoms with E-state index in [0.717, 1.165) is 25.7 Å². The smallest absolute Gasteiger partial charge is 0.310 e. The van der Waals surface area contributed by atoms with Gasteiger partial charge in [0.15, 0.2) is 0 Å². The van der Waals surface area contributed by atoms with Gasteiger partial charge in [0.1, 0.15) is 0 Å². The molecule has 0 aromatic heterocycles. The number of rotatable bonds is 4. The Morgan fingerprint density at radius 2 is 1.15 bits per heavy atom. The molecule has 6 bridgehead atoms. The normalized spacial score (nSPS) is 26.4. The molecule has 4 heteroatoms. The monoisotopic (exact) mass is 456 g/mol. The van der Waals surface area contributed by atoms with Crippen molar-refractivity contribution in [3.8, 4) is 0 Å². The van der Waals surface area contributed by atoms with E-state index in [9.17, 15) is 9.59 Å². The Morgan fingerprint density at radius 3 is 1.56 bits per heavy atom. The molecule has 0 saturated heterocycles. The average molecular weight is 457 g/mol. The lowest BCUT2D eigenvalue weighted by Gasteiger charge is -2.46. The first-order valence-electron chi connectivity index (χ1n) is 12.5. The highest BCUT2D eigenvalue weighted by molar-refractivity contribution is 5.86. The Bertz CT molecular complexity index is 1070. The summed E-state index contributed by atoms with van der Waals surface area (Å²) < 4.78 is 10.8. The van der Waals surface area contributed by atoms with Gasteiger partial charge in [-0.2, -0.15) is 0 Å². The van der Waals surface area contributed by atoms with E-state index >= 15 is 0 Å². The Kier molecular flexibility index (Phi) is 6.40. The van der Waals surface area contributed by atoms with Crippen molar-refractivity contribution in [1.29, 1.82) is 0 Å². The SMILES string of the molecule is CCOC(=O)[C@@H]1[C@H]2/C=C/c3cc4ccc3CCc3ccc(cc3/C=C/[C@H]2[C@@H]1C(=O)OCC)CC4. The van der Waals surface area contributed by atoms with Crippen molar-refractivity contribution in [3.05, 3.63) is 81.9 Å². The number of carbonyl (C=O) groups excluding carboxylic acids is 2. The van der Waals surface area contributed by atoms with Crippen molar-refractivity contribution >= 4 is 24.1 Å². The molecule has 0 N–H and O–H groups in total. The zero-order chi connectivity index (χ0) is 23.7. The highest BCUT2D eigenvalue weighted by Crippen LogP contribution is 2.50. The molecule has 34 heavy (non-hydrogen) atoms. The summed E-state index contributed by atoms with van der Waals surface area (Å²) in [5.74, 6) is -1.92. The molecule has 0 spiro atoms. The van der Waals surface area contributed by atoms with Gasteiger partial charge in [0, 0.05) is 0 Å². The molecule has 1 fully saturated rings. The summed E-state index contributed by atoms with van der Waals surface area (Å²) >= 11 is 0. The van der Waals surface area contributed by atoms with Crippen molar-refractivity contribution < 1.29 is 19.1 Å². The molecule has 8 rings (SSSR count). The van der Waals surface area contributed by atoms with Crippen LogP contribution >= 0.6 is 0 Å². The topological polar surface area (TPSA) is 52.6 Å². The molecule has 6 aliphatic carbocycles. The molecule has 1 saturated carbocycles. The van der Waals surface area contributed by atoms with Crippen LogP contribution in [0.25, 0.3) is 12.2 Å². The second kappa shape index (κ2) is 9.61. The second-order valence-electron chi connectivity index (χ2n) is 9.49. The molecule has 0 amide bonds. The fourth-order valence-corrected chi connectivity index (χ4v) is 5.75. The third-order valence-corrected chi connectivity index (χ3v) is 7.56. The fraction of sp³-hybridized carbons (Fsp3) is 0.400. The molecule has 4 nitrogen and oxygen atoms in total. The highest BCUT2D eigenvalue weighted by Gasteiger charge is 2.56. The van der Waals surface area contributed by atoms with Crippen molar-refractivity contribution in [1.82, 2.24) is 0 Å². The van der Waals surface area contributed by atoms with Crippen LogP contribution in [0.3, 0.4) is 0 Å². The Morgan fingerprint density at radius 1 is 0.706 bits per heavy atom. The predicted molar refractivity (Wildman–Crippen MR) is 133 cm³/mol. The van der Waals surface area contributed by atoms with Gasteiger partial charge in [0.25, 0.3) is 0 Å². The lowest BCUT2D eigenvalue weighted by molar-refractivity contribution is -0.175. The van der Waals surface area contributed by atoms with Gasteiger partial charge in [-0.1, -0.05) is 60.7 Å². The number of ether oxygens (including phenoxy) is 2.